The number of ether oxygens (including phenoxy) is 5. The first-order valence-corrected chi connectivity index (χ1v) is 18.7. The zero-order chi connectivity index (χ0) is 38.3. The summed E-state index contributed by atoms with van der Waals surface area (Å²) in [5.74, 6) is -3.97. The molecule has 0 unspecified atom stereocenters. The van der Waals surface area contributed by atoms with E-state index in [2.05, 4.69) is 0 Å². The number of carbonyl (C=O) groups is 2. The molecule has 3 aliphatic rings. The van der Waals surface area contributed by atoms with Crippen LogP contribution in [0.5, 0.6) is 0 Å². The summed E-state index contributed by atoms with van der Waals surface area (Å²) in [7, 11) is 3.75. The minimum Gasteiger partial charge on any atom is -0.461 e. The zero-order valence-corrected chi connectivity index (χ0v) is 33.1. The lowest BCUT2D eigenvalue weighted by atomic mass is 9.70. The van der Waals surface area contributed by atoms with Crippen LogP contribution in [-0.4, -0.2) is 124 Å². The number of aliphatic hydroxyl groups excluding tert-OH is 3. The van der Waals surface area contributed by atoms with E-state index < -0.39 is 101 Å². The minimum atomic E-state index is -1.70. The Morgan fingerprint density at radius 2 is 1.46 bits per heavy atom. The fourth-order valence-electron chi connectivity index (χ4n) is 8.73. The van der Waals surface area contributed by atoms with Crippen molar-refractivity contribution < 1.29 is 53.7 Å². The number of ketones is 1. The molecule has 12 heteroatoms. The van der Waals surface area contributed by atoms with E-state index in [1.165, 1.54) is 0 Å². The molecule has 0 spiro atoms. The summed E-state index contributed by atoms with van der Waals surface area (Å²) in [5, 5.41) is 46.3. The second kappa shape index (κ2) is 16.4. The quantitative estimate of drug-likeness (QED) is 0.296. The lowest BCUT2D eigenvalue weighted by molar-refractivity contribution is -0.312. The SMILES string of the molecule is CC[C@H]1OC(=O)[C@H](C)[C@@H](O[C@H]2CC(C)(C)[C@@H](O)[C@H](C)O2)[C@H](C)[C@@H](O[C@@H]2O[C@H](C)C[C@H](N(C)C)[C@H]2O)[C@](C)(O)C[C@@H](C)C(=O)[C@H](C)[C@@H](O)C1(C)C. The number of carbonyl (C=O) groups excluding carboxylic acids is 2. The molecule has 16 atom stereocenters. The van der Waals surface area contributed by atoms with E-state index in [0.717, 1.165) is 0 Å². The summed E-state index contributed by atoms with van der Waals surface area (Å²) in [5.41, 5.74) is -3.24. The van der Waals surface area contributed by atoms with Crippen molar-refractivity contribution in [3.8, 4) is 0 Å². The van der Waals surface area contributed by atoms with Crippen molar-refractivity contribution in [3.63, 3.8) is 0 Å². The summed E-state index contributed by atoms with van der Waals surface area (Å²) >= 11 is 0. The normalized spacial score (nSPS) is 46.7. The topological polar surface area (TPSA) is 164 Å². The Labute approximate surface area is 300 Å². The van der Waals surface area contributed by atoms with Gasteiger partial charge in [-0.3, -0.25) is 9.59 Å². The summed E-state index contributed by atoms with van der Waals surface area (Å²) in [6.45, 7) is 21.5. The smallest absolute Gasteiger partial charge is 0.311 e. The number of cyclic esters (lactones) is 1. The molecule has 12 nitrogen and oxygen atoms in total. The molecule has 4 N–H and O–H groups in total. The number of aliphatic hydroxyl groups is 4. The van der Waals surface area contributed by atoms with Gasteiger partial charge in [0.1, 0.15) is 18.0 Å². The Kier molecular flexibility index (Phi) is 14.2. The summed E-state index contributed by atoms with van der Waals surface area (Å²) in [6, 6.07) is -0.286. The highest BCUT2D eigenvalue weighted by molar-refractivity contribution is 5.83. The molecule has 0 aliphatic carbocycles. The molecule has 292 valence electrons. The van der Waals surface area contributed by atoms with E-state index in [1.54, 1.807) is 48.5 Å². The van der Waals surface area contributed by atoms with Gasteiger partial charge in [-0.05, 0) is 66.5 Å². The first-order valence-electron chi connectivity index (χ1n) is 18.7. The van der Waals surface area contributed by atoms with Gasteiger partial charge in [-0.15, -0.1) is 0 Å². The molecule has 0 aromatic rings. The van der Waals surface area contributed by atoms with Gasteiger partial charge in [0, 0.05) is 35.6 Å². The number of hydrogen-bond acceptors (Lipinski definition) is 12. The monoisotopic (exact) mass is 715 g/mol. The van der Waals surface area contributed by atoms with Crippen LogP contribution < -0.4 is 0 Å². The van der Waals surface area contributed by atoms with Crippen LogP contribution in [0, 0.1) is 34.5 Å². The van der Waals surface area contributed by atoms with Crippen LogP contribution >= 0.6 is 0 Å². The van der Waals surface area contributed by atoms with Gasteiger partial charge in [0.05, 0.1) is 48.1 Å². The van der Waals surface area contributed by atoms with Crippen LogP contribution in [0.2, 0.25) is 0 Å². The average molecular weight is 716 g/mol. The number of nitrogens with zero attached hydrogens (tertiary/aromatic N) is 1. The van der Waals surface area contributed by atoms with E-state index in [1.807, 2.05) is 53.6 Å². The highest BCUT2D eigenvalue weighted by Gasteiger charge is 2.52. The van der Waals surface area contributed by atoms with Crippen molar-refractivity contribution in [3.05, 3.63) is 0 Å². The highest BCUT2D eigenvalue weighted by atomic mass is 16.7. The van der Waals surface area contributed by atoms with Crippen molar-refractivity contribution in [1.82, 2.24) is 4.90 Å². The lowest BCUT2D eigenvalue weighted by Crippen LogP contribution is -2.60. The van der Waals surface area contributed by atoms with Gasteiger partial charge in [0.2, 0.25) is 0 Å². The van der Waals surface area contributed by atoms with Crippen LogP contribution in [0.3, 0.4) is 0 Å². The molecule has 3 aliphatic heterocycles. The fraction of sp³-hybridized carbons (Fsp3) is 0.947. The van der Waals surface area contributed by atoms with E-state index >= 15 is 0 Å². The first kappa shape index (κ1) is 43.2. The molecule has 3 saturated heterocycles. The van der Waals surface area contributed by atoms with Crippen molar-refractivity contribution >= 4 is 11.8 Å². The van der Waals surface area contributed by atoms with Crippen molar-refractivity contribution in [2.24, 2.45) is 34.5 Å². The van der Waals surface area contributed by atoms with Crippen molar-refractivity contribution in [2.75, 3.05) is 14.1 Å². The Hall–Kier alpha value is -1.22. The predicted molar refractivity (Wildman–Crippen MR) is 188 cm³/mol. The Morgan fingerprint density at radius 3 is 2.00 bits per heavy atom. The molecule has 0 aromatic heterocycles. The van der Waals surface area contributed by atoms with E-state index in [9.17, 15) is 30.0 Å². The summed E-state index contributed by atoms with van der Waals surface area (Å²) < 4.78 is 31.8. The van der Waals surface area contributed by atoms with Gasteiger partial charge >= 0.3 is 5.97 Å². The van der Waals surface area contributed by atoms with Gasteiger partial charge in [0.25, 0.3) is 0 Å². The first-order chi connectivity index (χ1) is 22.9. The molecule has 0 radical (unpaired) electrons. The number of hydrogen-bond donors (Lipinski definition) is 4. The van der Waals surface area contributed by atoms with Crippen LogP contribution in [0.1, 0.15) is 109 Å². The van der Waals surface area contributed by atoms with Gasteiger partial charge in [-0.2, -0.15) is 0 Å². The Balaban J connectivity index is 2.17. The molecular weight excluding hydrogens is 646 g/mol. The van der Waals surface area contributed by atoms with Crippen LogP contribution in [-0.2, 0) is 33.3 Å². The van der Waals surface area contributed by atoms with Crippen LogP contribution in [0.4, 0.5) is 0 Å². The zero-order valence-electron chi connectivity index (χ0n) is 33.1. The molecule has 3 rings (SSSR count). The van der Waals surface area contributed by atoms with E-state index in [0.29, 0.717) is 19.3 Å². The third kappa shape index (κ3) is 9.28. The lowest BCUT2D eigenvalue weighted by Gasteiger charge is -2.49. The second-order valence-corrected chi connectivity index (χ2v) is 17.5. The predicted octanol–water partition coefficient (Wildman–Crippen LogP) is 3.68. The van der Waals surface area contributed by atoms with Gasteiger partial charge < -0.3 is 49.0 Å². The maximum atomic E-state index is 14.2. The maximum Gasteiger partial charge on any atom is 0.311 e. The minimum absolute atomic E-state index is 0.0350. The van der Waals surface area contributed by atoms with Crippen LogP contribution in [0.25, 0.3) is 0 Å². The molecule has 0 aromatic carbocycles. The molecule has 50 heavy (non-hydrogen) atoms. The largest absolute Gasteiger partial charge is 0.461 e. The average Bonchev–Trinajstić information content (AvgIpc) is 3.01. The fourth-order valence-corrected chi connectivity index (χ4v) is 8.73. The highest BCUT2D eigenvalue weighted by Crippen LogP contribution is 2.42. The Morgan fingerprint density at radius 1 is 0.860 bits per heavy atom. The Bertz CT molecular complexity index is 1140. The molecule has 0 bridgehead atoms. The molecular formula is C38H69NO11. The molecule has 0 saturated carbocycles. The standard InChI is InChI=1S/C38H69NO11/c1-15-26-37(10,11)31(42)21(4)28(40)19(2)17-38(12,45)33(50-35-29(41)25(39(13)14)16-20(3)46-35)22(5)30(23(6)34(44)48-26)49-27-18-36(8,9)32(43)24(7)47-27/h19-27,29-33,35,41-43,45H,15-18H2,1-14H3/t19-,20-,21+,22+,23-,24+,25+,26-,27+,29-,30+,31-,32+,33-,35+,38-/m1/s1. The number of esters is 1. The number of rotatable bonds is 6. The van der Waals surface area contributed by atoms with E-state index in [-0.39, 0.29) is 24.3 Å². The van der Waals surface area contributed by atoms with E-state index in [4.69, 9.17) is 23.7 Å². The van der Waals surface area contributed by atoms with Crippen LogP contribution in [0.15, 0.2) is 0 Å². The van der Waals surface area contributed by atoms with Gasteiger partial charge in [-0.25, -0.2) is 0 Å². The number of likely N-dealkylation sites (N-methyl/N-ethyl adjacent to an activating group) is 1. The van der Waals surface area contributed by atoms with Gasteiger partial charge in [0.15, 0.2) is 12.6 Å². The molecule has 0 amide bonds. The van der Waals surface area contributed by atoms with Crippen molar-refractivity contribution in [1.29, 1.82) is 0 Å². The third-order valence-electron chi connectivity index (χ3n) is 12.0. The van der Waals surface area contributed by atoms with Crippen molar-refractivity contribution in [2.45, 2.75) is 182 Å². The molecule has 3 heterocycles. The summed E-state index contributed by atoms with van der Waals surface area (Å²) in [4.78, 5) is 30.0. The third-order valence-corrected chi connectivity index (χ3v) is 12.0. The molecule has 3 fully saturated rings. The summed E-state index contributed by atoms with van der Waals surface area (Å²) in [6.07, 6.45) is -7.23. The maximum absolute atomic E-state index is 14.2. The number of Topliss-reactive ketones (excluding diaryl/α,β-unsaturated/α-hetero) is 1. The second-order valence-electron chi connectivity index (χ2n) is 17.5. The van der Waals surface area contributed by atoms with Gasteiger partial charge in [-0.1, -0.05) is 55.4 Å².